The first-order chi connectivity index (χ1) is 10.7. The number of rotatable bonds is 4. The van der Waals surface area contributed by atoms with Gasteiger partial charge in [0.25, 0.3) is 5.91 Å². The third-order valence-corrected chi connectivity index (χ3v) is 3.84. The van der Waals surface area contributed by atoms with Gasteiger partial charge >= 0.3 is 6.18 Å². The number of piperidine rings is 1. The molecule has 1 fully saturated rings. The first kappa shape index (κ1) is 17.7. The van der Waals surface area contributed by atoms with Crippen LogP contribution >= 0.6 is 0 Å². The van der Waals surface area contributed by atoms with Crippen molar-refractivity contribution >= 4 is 5.91 Å². The van der Waals surface area contributed by atoms with Gasteiger partial charge < -0.3 is 5.32 Å². The molecule has 23 heavy (non-hydrogen) atoms. The third kappa shape index (κ3) is 5.46. The zero-order valence-electron chi connectivity index (χ0n) is 12.3. The van der Waals surface area contributed by atoms with Crippen molar-refractivity contribution in [2.24, 2.45) is 5.92 Å². The number of carbonyl (C=O) groups excluding carboxylic acids is 1. The van der Waals surface area contributed by atoms with Crippen LogP contribution in [0.1, 0.15) is 23.2 Å². The highest BCUT2D eigenvalue weighted by atomic mass is 19.4. The van der Waals surface area contributed by atoms with E-state index in [1.165, 1.54) is 4.90 Å². The number of benzene rings is 1. The second kappa shape index (κ2) is 7.25. The van der Waals surface area contributed by atoms with E-state index in [1.54, 1.807) is 0 Å². The fourth-order valence-electron chi connectivity index (χ4n) is 2.61. The van der Waals surface area contributed by atoms with Crippen LogP contribution in [-0.2, 0) is 0 Å². The molecular formula is C15H17F5N2O. The molecule has 0 spiro atoms. The van der Waals surface area contributed by atoms with Crippen molar-refractivity contribution in [3.8, 4) is 0 Å². The average Bonchev–Trinajstić information content (AvgIpc) is 2.44. The smallest absolute Gasteiger partial charge is 0.352 e. The largest absolute Gasteiger partial charge is 0.401 e. The summed E-state index contributed by atoms with van der Waals surface area (Å²) in [6.07, 6.45) is -3.15. The van der Waals surface area contributed by atoms with Gasteiger partial charge in [0.05, 0.1) is 12.1 Å². The number of hydrogen-bond donors (Lipinski definition) is 1. The van der Waals surface area contributed by atoms with Gasteiger partial charge in [0.2, 0.25) is 0 Å². The molecule has 0 bridgehead atoms. The molecule has 1 aliphatic heterocycles. The summed E-state index contributed by atoms with van der Waals surface area (Å²) in [5.41, 5.74) is -0.249. The van der Waals surface area contributed by atoms with Gasteiger partial charge in [-0.2, -0.15) is 13.2 Å². The van der Waals surface area contributed by atoms with E-state index in [4.69, 9.17) is 0 Å². The Morgan fingerprint density at radius 1 is 1.22 bits per heavy atom. The van der Waals surface area contributed by atoms with Crippen molar-refractivity contribution in [1.29, 1.82) is 0 Å². The van der Waals surface area contributed by atoms with E-state index < -0.39 is 30.3 Å². The first-order valence-corrected chi connectivity index (χ1v) is 7.27. The van der Waals surface area contributed by atoms with Gasteiger partial charge in [-0.15, -0.1) is 0 Å². The Labute approximate surface area is 130 Å². The average molecular weight is 336 g/mol. The molecule has 2 rings (SSSR count). The SMILES string of the molecule is O=C(NCC1CCN(CC(F)(F)F)CC1)c1ccc(F)cc1F. The molecule has 1 aromatic carbocycles. The number of alkyl halides is 3. The lowest BCUT2D eigenvalue weighted by atomic mass is 9.96. The summed E-state index contributed by atoms with van der Waals surface area (Å²) in [5, 5.41) is 2.55. The summed E-state index contributed by atoms with van der Waals surface area (Å²) < 4.78 is 63.1. The van der Waals surface area contributed by atoms with Crippen LogP contribution in [0.5, 0.6) is 0 Å². The third-order valence-electron chi connectivity index (χ3n) is 3.84. The Hall–Kier alpha value is -1.70. The number of carbonyl (C=O) groups is 1. The highest BCUT2D eigenvalue weighted by molar-refractivity contribution is 5.94. The Morgan fingerprint density at radius 3 is 2.43 bits per heavy atom. The van der Waals surface area contributed by atoms with Gasteiger partial charge in [-0.05, 0) is 44.0 Å². The van der Waals surface area contributed by atoms with Crippen LogP contribution in [0.4, 0.5) is 22.0 Å². The summed E-state index contributed by atoms with van der Waals surface area (Å²) in [6.45, 7) is -0.0434. The maximum absolute atomic E-state index is 13.5. The molecule has 0 aromatic heterocycles. The minimum absolute atomic E-state index is 0.0481. The highest BCUT2D eigenvalue weighted by Gasteiger charge is 2.32. The molecule has 128 valence electrons. The van der Waals surface area contributed by atoms with Crippen LogP contribution in [0.15, 0.2) is 18.2 Å². The normalized spacial score (nSPS) is 17.3. The summed E-state index contributed by atoms with van der Waals surface area (Å²) in [5.74, 6) is -2.31. The predicted molar refractivity (Wildman–Crippen MR) is 73.9 cm³/mol. The number of nitrogens with one attached hydrogen (secondary N) is 1. The van der Waals surface area contributed by atoms with Crippen molar-refractivity contribution in [3.05, 3.63) is 35.4 Å². The van der Waals surface area contributed by atoms with Gasteiger partial charge in [-0.25, -0.2) is 8.78 Å². The highest BCUT2D eigenvalue weighted by Crippen LogP contribution is 2.22. The van der Waals surface area contributed by atoms with Crippen molar-refractivity contribution in [2.75, 3.05) is 26.2 Å². The quantitative estimate of drug-likeness (QED) is 0.858. The van der Waals surface area contributed by atoms with E-state index in [0.29, 0.717) is 32.0 Å². The maximum atomic E-state index is 13.5. The van der Waals surface area contributed by atoms with Crippen molar-refractivity contribution in [1.82, 2.24) is 10.2 Å². The maximum Gasteiger partial charge on any atom is 0.401 e. The molecular weight excluding hydrogens is 319 g/mol. The molecule has 0 unspecified atom stereocenters. The summed E-state index contributed by atoms with van der Waals surface area (Å²) >= 11 is 0. The molecule has 1 aliphatic rings. The van der Waals surface area contributed by atoms with E-state index in [2.05, 4.69) is 5.32 Å². The Bertz CT molecular complexity index is 553. The number of likely N-dealkylation sites (tertiary alicyclic amines) is 1. The molecule has 1 N–H and O–H groups in total. The molecule has 1 heterocycles. The van der Waals surface area contributed by atoms with Crippen molar-refractivity contribution in [2.45, 2.75) is 19.0 Å². The summed E-state index contributed by atoms with van der Waals surface area (Å²) in [6, 6.07) is 2.68. The minimum atomic E-state index is -4.21. The Morgan fingerprint density at radius 2 is 1.87 bits per heavy atom. The van der Waals surface area contributed by atoms with Crippen LogP contribution in [0.25, 0.3) is 0 Å². The molecule has 0 atom stereocenters. The van der Waals surface area contributed by atoms with Crippen LogP contribution in [0, 0.1) is 17.6 Å². The van der Waals surface area contributed by atoms with Crippen molar-refractivity contribution < 1.29 is 26.7 Å². The van der Waals surface area contributed by atoms with E-state index in [0.717, 1.165) is 12.1 Å². The first-order valence-electron chi connectivity index (χ1n) is 7.27. The summed E-state index contributed by atoms with van der Waals surface area (Å²) in [4.78, 5) is 13.2. The number of hydrogen-bond acceptors (Lipinski definition) is 2. The van der Waals surface area contributed by atoms with Gasteiger partial charge in [0.1, 0.15) is 11.6 Å². The zero-order valence-corrected chi connectivity index (χ0v) is 12.3. The lowest BCUT2D eigenvalue weighted by Crippen LogP contribution is -2.42. The minimum Gasteiger partial charge on any atom is -0.352 e. The monoisotopic (exact) mass is 336 g/mol. The van der Waals surface area contributed by atoms with Gasteiger partial charge in [-0.1, -0.05) is 0 Å². The van der Waals surface area contributed by atoms with Crippen LogP contribution in [-0.4, -0.2) is 43.2 Å². The van der Waals surface area contributed by atoms with Gasteiger partial charge in [0.15, 0.2) is 0 Å². The van der Waals surface area contributed by atoms with E-state index >= 15 is 0 Å². The second-order valence-corrected chi connectivity index (χ2v) is 5.67. The van der Waals surface area contributed by atoms with Crippen molar-refractivity contribution in [3.63, 3.8) is 0 Å². The topological polar surface area (TPSA) is 32.3 Å². The second-order valence-electron chi connectivity index (χ2n) is 5.67. The number of nitrogens with zero attached hydrogens (tertiary/aromatic N) is 1. The summed E-state index contributed by atoms with van der Waals surface area (Å²) in [7, 11) is 0. The Balaban J connectivity index is 1.78. The zero-order chi connectivity index (χ0) is 17.0. The van der Waals surface area contributed by atoms with Crippen LogP contribution < -0.4 is 5.32 Å². The molecule has 8 heteroatoms. The molecule has 1 saturated heterocycles. The number of amides is 1. The van der Waals surface area contributed by atoms with E-state index in [-0.39, 0.29) is 18.0 Å². The molecule has 1 aromatic rings. The van der Waals surface area contributed by atoms with Crippen LogP contribution in [0.2, 0.25) is 0 Å². The standard InChI is InChI=1S/C15H17F5N2O/c16-11-1-2-12(13(17)7-11)14(23)21-8-10-3-5-22(6-4-10)9-15(18,19)20/h1-2,7,10H,3-6,8-9H2,(H,21,23). The van der Waals surface area contributed by atoms with Gasteiger partial charge in [-0.3, -0.25) is 9.69 Å². The van der Waals surface area contributed by atoms with Crippen LogP contribution in [0.3, 0.4) is 0 Å². The molecule has 0 aliphatic carbocycles. The number of halogens is 5. The molecule has 1 amide bonds. The van der Waals surface area contributed by atoms with Gasteiger partial charge in [0, 0.05) is 12.6 Å². The fraction of sp³-hybridized carbons (Fsp3) is 0.533. The predicted octanol–water partition coefficient (Wildman–Crippen LogP) is 2.97. The fourth-order valence-corrected chi connectivity index (χ4v) is 2.61. The lowest BCUT2D eigenvalue weighted by Gasteiger charge is -2.32. The Kier molecular flexibility index (Phi) is 5.56. The van der Waals surface area contributed by atoms with E-state index in [1.807, 2.05) is 0 Å². The molecule has 0 radical (unpaired) electrons. The molecule has 0 saturated carbocycles. The molecule has 3 nitrogen and oxygen atoms in total. The lowest BCUT2D eigenvalue weighted by molar-refractivity contribution is -0.148. The van der Waals surface area contributed by atoms with E-state index in [9.17, 15) is 26.7 Å².